The van der Waals surface area contributed by atoms with E-state index in [0.29, 0.717) is 5.95 Å². The second-order valence-electron chi connectivity index (χ2n) is 18.9. The second kappa shape index (κ2) is 19.3. The number of hydrogen-bond donors (Lipinski definition) is 1. The summed E-state index contributed by atoms with van der Waals surface area (Å²) in [7, 11) is 0. The zero-order valence-corrected chi connectivity index (χ0v) is 42.2. The molecule has 77 heavy (non-hydrogen) atoms. The van der Waals surface area contributed by atoms with Crippen LogP contribution in [0.5, 0.6) is 0 Å². The van der Waals surface area contributed by atoms with E-state index in [-0.39, 0.29) is 5.28 Å². The number of halogens is 1. The fourth-order valence-electron chi connectivity index (χ4n) is 10.8. The predicted molar refractivity (Wildman–Crippen MR) is 319 cm³/mol. The highest BCUT2D eigenvalue weighted by Crippen LogP contribution is 2.37. The van der Waals surface area contributed by atoms with Crippen LogP contribution < -0.4 is 0 Å². The van der Waals surface area contributed by atoms with Crippen LogP contribution in [0.4, 0.5) is 0 Å². The van der Waals surface area contributed by atoms with Crippen molar-refractivity contribution in [2.45, 2.75) is 0 Å². The lowest BCUT2D eigenvalue weighted by Gasteiger charge is -2.12. The van der Waals surface area contributed by atoms with E-state index in [1.54, 1.807) is 0 Å². The van der Waals surface area contributed by atoms with Gasteiger partial charge in [-0.15, -0.1) is 0 Å². The number of nitrogens with one attached hydrogen (secondary N) is 1. The number of fused-ring (bicyclic) bond motifs is 10. The maximum absolute atomic E-state index is 5.95. The van der Waals surface area contributed by atoms with E-state index in [1.165, 1.54) is 54.6 Å². The Kier molecular flexibility index (Phi) is 11.4. The fourth-order valence-corrected chi connectivity index (χ4v) is 10.9. The van der Waals surface area contributed by atoms with Crippen LogP contribution in [0.1, 0.15) is 0 Å². The van der Waals surface area contributed by atoms with Gasteiger partial charge in [0.15, 0.2) is 0 Å². The van der Waals surface area contributed by atoms with Gasteiger partial charge in [-0.2, -0.15) is 0 Å². The zero-order valence-electron chi connectivity index (χ0n) is 41.4. The van der Waals surface area contributed by atoms with Crippen molar-refractivity contribution in [1.29, 1.82) is 0 Å². The van der Waals surface area contributed by atoms with Crippen molar-refractivity contribution in [3.8, 4) is 39.8 Å². The third-order valence-electron chi connectivity index (χ3n) is 14.3. The van der Waals surface area contributed by atoms with Gasteiger partial charge in [0.1, 0.15) is 0 Å². The van der Waals surface area contributed by atoms with Gasteiger partial charge in [0.25, 0.3) is 0 Å². The van der Waals surface area contributed by atoms with Crippen LogP contribution in [0.3, 0.4) is 0 Å². The van der Waals surface area contributed by atoms with Gasteiger partial charge in [0.2, 0.25) is 11.2 Å². The minimum absolute atomic E-state index is 0.280. The molecule has 0 radical (unpaired) electrons. The molecule has 10 aromatic carbocycles. The summed E-state index contributed by atoms with van der Waals surface area (Å²) in [4.78, 5) is 22.4. The van der Waals surface area contributed by atoms with E-state index < -0.39 is 0 Å². The molecule has 0 unspecified atom stereocenters. The molecule has 0 bridgehead atoms. The van der Waals surface area contributed by atoms with Crippen LogP contribution in [0.25, 0.3) is 127 Å². The molecule has 9 heteroatoms. The Morgan fingerprint density at radius 3 is 1.43 bits per heavy atom. The number of benzene rings is 10. The van der Waals surface area contributed by atoms with Gasteiger partial charge in [0, 0.05) is 89.0 Å². The molecule has 16 rings (SSSR count). The van der Waals surface area contributed by atoms with Gasteiger partial charge in [-0.25, -0.2) is 19.9 Å². The SMILES string of the molecule is Clc1nc(-c2ccccc2)c2ccccc2n1.c1ccc(-c2nc(-n3c4ccccc4c4cc5ccn(-c6ccccc6)c5cc43)nc3ccccc23)cc1.c1ccc(-n2ccc3cc4c(cc32)[nH]c2ccccc24)cc1. The number of aromatic amines is 1. The van der Waals surface area contributed by atoms with Crippen molar-refractivity contribution in [3.63, 3.8) is 0 Å². The Morgan fingerprint density at radius 1 is 0.325 bits per heavy atom. The normalized spacial score (nSPS) is 11.4. The summed E-state index contributed by atoms with van der Waals surface area (Å²) >= 11 is 5.95. The van der Waals surface area contributed by atoms with E-state index in [4.69, 9.17) is 21.6 Å². The van der Waals surface area contributed by atoms with Crippen molar-refractivity contribution >= 4 is 98.8 Å². The smallest absolute Gasteiger partial charge is 0.235 e. The van der Waals surface area contributed by atoms with E-state index in [2.05, 4.69) is 211 Å². The molecule has 0 fully saturated rings. The molecule has 364 valence electrons. The molecule has 0 aliphatic rings. The van der Waals surface area contributed by atoms with Crippen LogP contribution in [0.2, 0.25) is 5.28 Å². The van der Waals surface area contributed by atoms with Crippen molar-refractivity contribution in [3.05, 3.63) is 272 Å². The minimum Gasteiger partial charge on any atom is -0.354 e. The third-order valence-corrected chi connectivity index (χ3v) is 14.5. The van der Waals surface area contributed by atoms with Gasteiger partial charge < -0.3 is 14.1 Å². The summed E-state index contributed by atoms with van der Waals surface area (Å²) in [6, 6.07) is 87.9. The van der Waals surface area contributed by atoms with Crippen molar-refractivity contribution in [2.75, 3.05) is 0 Å². The highest BCUT2D eigenvalue weighted by atomic mass is 35.5. The lowest BCUT2D eigenvalue weighted by atomic mass is 10.1. The summed E-state index contributed by atoms with van der Waals surface area (Å²) in [5.41, 5.74) is 15.0. The summed E-state index contributed by atoms with van der Waals surface area (Å²) in [5, 5.41) is 9.76. The van der Waals surface area contributed by atoms with Crippen LogP contribution in [0.15, 0.2) is 267 Å². The average Bonchev–Trinajstić information content (AvgIpc) is 4.43. The maximum atomic E-state index is 5.95. The lowest BCUT2D eigenvalue weighted by molar-refractivity contribution is 1.01. The van der Waals surface area contributed by atoms with Gasteiger partial charge in [0.05, 0.1) is 44.5 Å². The minimum atomic E-state index is 0.280. The third kappa shape index (κ3) is 8.30. The number of aromatic nitrogens is 8. The number of para-hydroxylation sites is 6. The van der Waals surface area contributed by atoms with Crippen molar-refractivity contribution < 1.29 is 0 Å². The molecular formula is C68H45ClN8. The number of H-pyrrole nitrogens is 1. The molecule has 0 saturated carbocycles. The predicted octanol–water partition coefficient (Wildman–Crippen LogP) is 17.6. The summed E-state index contributed by atoms with van der Waals surface area (Å²) in [6.07, 6.45) is 4.28. The van der Waals surface area contributed by atoms with Crippen molar-refractivity contribution in [1.82, 2.24) is 38.6 Å². The maximum Gasteiger partial charge on any atom is 0.235 e. The molecule has 0 aliphatic carbocycles. The standard InChI is InChI=1S/C34H22N4.C20H14N2.C14H9ClN2/c1-3-11-23(12-4-1)33-27-16-7-9-17-29(27)35-34(36-33)38-30-18-10-8-15-26(30)28-21-24-19-20-37(31(24)22-32(28)38)25-13-5-2-6-14-25;1-2-6-15(7-3-1)22-11-10-14-12-17-16-8-4-5-9-18(16)21-19(17)13-20(14)22;15-14-16-12-9-5-4-8-11(12)13(17-14)10-6-2-1-3-7-10/h1-22H;1-13,21H;1-9H. The first-order valence-electron chi connectivity index (χ1n) is 25.6. The van der Waals surface area contributed by atoms with Gasteiger partial charge in [-0.05, 0) is 96.5 Å². The van der Waals surface area contributed by atoms with Crippen LogP contribution >= 0.6 is 11.6 Å². The molecule has 0 aliphatic heterocycles. The van der Waals surface area contributed by atoms with Crippen LogP contribution in [-0.4, -0.2) is 38.6 Å². The van der Waals surface area contributed by atoms with E-state index in [9.17, 15) is 0 Å². The first kappa shape index (κ1) is 45.5. The number of rotatable bonds is 5. The Bertz CT molecular complexity index is 4810. The molecule has 16 aromatic rings. The largest absolute Gasteiger partial charge is 0.354 e. The lowest BCUT2D eigenvalue weighted by Crippen LogP contribution is -2.03. The number of nitrogens with zero attached hydrogens (tertiary/aromatic N) is 7. The van der Waals surface area contributed by atoms with Crippen LogP contribution in [-0.2, 0) is 0 Å². The summed E-state index contributed by atoms with van der Waals surface area (Å²) in [6.45, 7) is 0. The van der Waals surface area contributed by atoms with E-state index in [1.807, 2.05) is 84.9 Å². The Morgan fingerprint density at radius 2 is 0.805 bits per heavy atom. The molecule has 0 saturated heterocycles. The molecule has 0 atom stereocenters. The molecule has 8 nitrogen and oxygen atoms in total. The monoisotopic (exact) mass is 1010 g/mol. The van der Waals surface area contributed by atoms with Crippen molar-refractivity contribution in [2.24, 2.45) is 0 Å². The topological polar surface area (TPSA) is 82.1 Å². The fraction of sp³-hybridized carbons (Fsp3) is 0. The molecule has 0 amide bonds. The molecule has 6 heterocycles. The molecule has 6 aromatic heterocycles. The molecule has 1 N–H and O–H groups in total. The Labute approximate surface area is 447 Å². The van der Waals surface area contributed by atoms with E-state index >= 15 is 0 Å². The molecule has 0 spiro atoms. The Hall–Kier alpha value is -10.2. The average molecular weight is 1010 g/mol. The first-order chi connectivity index (χ1) is 38.1. The Balaban J connectivity index is 0.000000117. The second-order valence-corrected chi connectivity index (χ2v) is 19.3. The number of hydrogen-bond acceptors (Lipinski definition) is 4. The van der Waals surface area contributed by atoms with Crippen LogP contribution in [0, 0.1) is 0 Å². The zero-order chi connectivity index (χ0) is 51.2. The van der Waals surface area contributed by atoms with Gasteiger partial charge in [-0.3, -0.25) is 4.57 Å². The summed E-state index contributed by atoms with van der Waals surface area (Å²) < 4.78 is 6.69. The van der Waals surface area contributed by atoms with Gasteiger partial charge in [-0.1, -0.05) is 170 Å². The first-order valence-corrected chi connectivity index (χ1v) is 25.9. The van der Waals surface area contributed by atoms with E-state index in [0.717, 1.165) is 66.6 Å². The molecular weight excluding hydrogens is 964 g/mol. The highest BCUT2D eigenvalue weighted by molar-refractivity contribution is 6.29. The quantitative estimate of drug-likeness (QED) is 0.174. The summed E-state index contributed by atoms with van der Waals surface area (Å²) in [5.74, 6) is 0.672. The van der Waals surface area contributed by atoms with Gasteiger partial charge >= 0.3 is 0 Å². The highest BCUT2D eigenvalue weighted by Gasteiger charge is 2.19.